The summed E-state index contributed by atoms with van der Waals surface area (Å²) in [5, 5.41) is 2.33. The molecule has 1 aliphatic heterocycles. The number of rotatable bonds is 1. The van der Waals surface area contributed by atoms with Crippen LogP contribution < -0.4 is 5.01 Å². The van der Waals surface area contributed by atoms with Gasteiger partial charge < -0.3 is 5.01 Å². The monoisotopic (exact) mass is 151 g/mol. The van der Waals surface area contributed by atoms with Crippen molar-refractivity contribution in [1.82, 2.24) is 9.66 Å². The Bertz CT molecular complexity index is 199. The van der Waals surface area contributed by atoms with E-state index in [-0.39, 0.29) is 0 Å². The first-order valence-corrected chi connectivity index (χ1v) is 4.20. The molecular formula is C8H13N3. The SMILES string of the molecule is c1cn(N2CCCCC2)cn1. The van der Waals surface area contributed by atoms with Crippen LogP contribution in [-0.2, 0) is 0 Å². The van der Waals surface area contributed by atoms with E-state index in [1.165, 1.54) is 32.4 Å². The topological polar surface area (TPSA) is 21.1 Å². The van der Waals surface area contributed by atoms with Crippen LogP contribution in [0.15, 0.2) is 18.7 Å². The molecular weight excluding hydrogens is 138 g/mol. The molecule has 1 fully saturated rings. The highest BCUT2D eigenvalue weighted by Crippen LogP contribution is 2.06. The van der Waals surface area contributed by atoms with E-state index in [0.717, 1.165) is 0 Å². The molecule has 11 heavy (non-hydrogen) atoms. The van der Waals surface area contributed by atoms with Gasteiger partial charge in [0.05, 0.1) is 0 Å². The molecule has 1 aromatic rings. The van der Waals surface area contributed by atoms with Crippen molar-refractivity contribution in [3.63, 3.8) is 0 Å². The molecule has 3 nitrogen and oxygen atoms in total. The molecule has 60 valence electrons. The summed E-state index contributed by atoms with van der Waals surface area (Å²) in [6.45, 7) is 2.35. The van der Waals surface area contributed by atoms with E-state index in [9.17, 15) is 0 Å². The molecule has 1 aromatic heterocycles. The molecule has 1 aliphatic rings. The molecule has 0 atom stereocenters. The third-order valence-electron chi connectivity index (χ3n) is 2.15. The van der Waals surface area contributed by atoms with E-state index < -0.39 is 0 Å². The van der Waals surface area contributed by atoms with Gasteiger partial charge in [0.15, 0.2) is 0 Å². The lowest BCUT2D eigenvalue weighted by molar-refractivity contribution is 0.478. The lowest BCUT2D eigenvalue weighted by Gasteiger charge is -2.28. The summed E-state index contributed by atoms with van der Waals surface area (Å²) in [6, 6.07) is 0. The first-order chi connectivity index (χ1) is 5.47. The van der Waals surface area contributed by atoms with Gasteiger partial charge in [-0.2, -0.15) is 0 Å². The Morgan fingerprint density at radius 2 is 1.91 bits per heavy atom. The van der Waals surface area contributed by atoms with Crippen molar-refractivity contribution >= 4 is 0 Å². The molecule has 2 rings (SSSR count). The number of aromatic nitrogens is 2. The van der Waals surface area contributed by atoms with Crippen LogP contribution in [0.2, 0.25) is 0 Å². The molecule has 0 unspecified atom stereocenters. The second-order valence-electron chi connectivity index (χ2n) is 2.96. The van der Waals surface area contributed by atoms with Crippen molar-refractivity contribution < 1.29 is 0 Å². The Hall–Kier alpha value is -0.990. The highest BCUT2D eigenvalue weighted by molar-refractivity contribution is 4.90. The van der Waals surface area contributed by atoms with Crippen molar-refractivity contribution in [2.24, 2.45) is 0 Å². The summed E-state index contributed by atoms with van der Waals surface area (Å²) in [4.78, 5) is 4.02. The van der Waals surface area contributed by atoms with Gasteiger partial charge in [-0.1, -0.05) is 0 Å². The Kier molecular flexibility index (Phi) is 1.79. The molecule has 0 amide bonds. The van der Waals surface area contributed by atoms with Gasteiger partial charge in [-0.15, -0.1) is 0 Å². The minimum Gasteiger partial charge on any atom is -0.312 e. The Labute approximate surface area is 66.6 Å². The minimum atomic E-state index is 1.18. The minimum absolute atomic E-state index is 1.18. The zero-order valence-corrected chi connectivity index (χ0v) is 6.61. The Balaban J connectivity index is 2.04. The van der Waals surface area contributed by atoms with Gasteiger partial charge in [0.1, 0.15) is 6.33 Å². The Morgan fingerprint density at radius 1 is 1.09 bits per heavy atom. The van der Waals surface area contributed by atoms with E-state index in [2.05, 4.69) is 14.7 Å². The second-order valence-corrected chi connectivity index (χ2v) is 2.96. The number of hydrogen-bond acceptors (Lipinski definition) is 2. The highest BCUT2D eigenvalue weighted by atomic mass is 15.5. The summed E-state index contributed by atoms with van der Waals surface area (Å²) in [5.41, 5.74) is 0. The normalized spacial score (nSPS) is 18.7. The lowest BCUT2D eigenvalue weighted by atomic mass is 10.2. The van der Waals surface area contributed by atoms with Crippen molar-refractivity contribution in [3.8, 4) is 0 Å². The molecule has 0 bridgehead atoms. The van der Waals surface area contributed by atoms with Crippen LogP contribution in [0.25, 0.3) is 0 Å². The third-order valence-corrected chi connectivity index (χ3v) is 2.15. The third kappa shape index (κ3) is 1.37. The largest absolute Gasteiger partial charge is 0.312 e. The molecule has 0 saturated carbocycles. The van der Waals surface area contributed by atoms with Crippen LogP contribution in [-0.4, -0.2) is 22.7 Å². The van der Waals surface area contributed by atoms with Crippen molar-refractivity contribution in [2.75, 3.05) is 18.1 Å². The summed E-state index contributed by atoms with van der Waals surface area (Å²) in [6.07, 6.45) is 9.72. The quantitative estimate of drug-likeness (QED) is 0.597. The first-order valence-electron chi connectivity index (χ1n) is 4.20. The van der Waals surface area contributed by atoms with E-state index >= 15 is 0 Å². The zero-order chi connectivity index (χ0) is 7.52. The standard InChI is InChI=1S/C8H13N3/c1-2-5-10(6-3-1)11-7-4-9-8-11/h4,7-8H,1-3,5-6H2. The van der Waals surface area contributed by atoms with E-state index in [4.69, 9.17) is 0 Å². The average molecular weight is 151 g/mol. The predicted octanol–water partition coefficient (Wildman–Crippen LogP) is 1.00. The van der Waals surface area contributed by atoms with Crippen molar-refractivity contribution in [2.45, 2.75) is 19.3 Å². The fourth-order valence-corrected chi connectivity index (χ4v) is 1.53. The molecule has 0 N–H and O–H groups in total. The highest BCUT2D eigenvalue weighted by Gasteiger charge is 2.08. The van der Waals surface area contributed by atoms with Crippen molar-refractivity contribution in [1.29, 1.82) is 0 Å². The number of piperidine rings is 1. The summed E-state index contributed by atoms with van der Waals surface area (Å²) < 4.78 is 2.08. The van der Waals surface area contributed by atoms with Crippen LogP contribution in [0.3, 0.4) is 0 Å². The van der Waals surface area contributed by atoms with Crippen LogP contribution in [0, 0.1) is 0 Å². The maximum atomic E-state index is 4.02. The van der Waals surface area contributed by atoms with Crippen molar-refractivity contribution in [3.05, 3.63) is 18.7 Å². The number of nitrogens with zero attached hydrogens (tertiary/aromatic N) is 3. The van der Waals surface area contributed by atoms with Gasteiger partial charge in [0.2, 0.25) is 0 Å². The summed E-state index contributed by atoms with van der Waals surface area (Å²) in [7, 11) is 0. The molecule has 0 radical (unpaired) electrons. The maximum Gasteiger partial charge on any atom is 0.114 e. The van der Waals surface area contributed by atoms with Gasteiger partial charge in [0, 0.05) is 25.5 Å². The van der Waals surface area contributed by atoms with Gasteiger partial charge in [-0.05, 0) is 19.3 Å². The summed E-state index contributed by atoms with van der Waals surface area (Å²) in [5.74, 6) is 0. The predicted molar refractivity (Wildman–Crippen MR) is 44.0 cm³/mol. The van der Waals surface area contributed by atoms with Gasteiger partial charge in [-0.3, -0.25) is 4.68 Å². The van der Waals surface area contributed by atoms with Gasteiger partial charge in [0.25, 0.3) is 0 Å². The number of hydrogen-bond donors (Lipinski definition) is 0. The fourth-order valence-electron chi connectivity index (χ4n) is 1.53. The maximum absolute atomic E-state index is 4.02. The van der Waals surface area contributed by atoms with E-state index in [1.54, 1.807) is 0 Å². The number of imidazole rings is 1. The van der Waals surface area contributed by atoms with Crippen LogP contribution in [0.1, 0.15) is 19.3 Å². The van der Waals surface area contributed by atoms with E-state index in [0.29, 0.717) is 0 Å². The smallest absolute Gasteiger partial charge is 0.114 e. The molecule has 2 heterocycles. The average Bonchev–Trinajstić information content (AvgIpc) is 2.58. The van der Waals surface area contributed by atoms with Crippen LogP contribution >= 0.6 is 0 Å². The molecule has 0 aromatic carbocycles. The summed E-state index contributed by atoms with van der Waals surface area (Å²) >= 11 is 0. The van der Waals surface area contributed by atoms with Crippen LogP contribution in [0.4, 0.5) is 0 Å². The van der Waals surface area contributed by atoms with E-state index in [1.807, 2.05) is 18.7 Å². The lowest BCUT2D eigenvalue weighted by Crippen LogP contribution is -2.38. The zero-order valence-electron chi connectivity index (χ0n) is 6.61. The second kappa shape index (κ2) is 2.95. The molecule has 3 heteroatoms. The van der Waals surface area contributed by atoms with Crippen LogP contribution in [0.5, 0.6) is 0 Å². The first kappa shape index (κ1) is 6.70. The Morgan fingerprint density at radius 3 is 2.55 bits per heavy atom. The van der Waals surface area contributed by atoms with Gasteiger partial charge in [-0.25, -0.2) is 4.98 Å². The fraction of sp³-hybridized carbons (Fsp3) is 0.625. The molecule has 0 spiro atoms. The molecule has 0 aliphatic carbocycles. The molecule has 1 saturated heterocycles. The van der Waals surface area contributed by atoms with Gasteiger partial charge >= 0.3 is 0 Å².